The minimum atomic E-state index is -0.222. The molecule has 0 aromatic heterocycles. The summed E-state index contributed by atoms with van der Waals surface area (Å²) in [5.41, 5.74) is 0. The van der Waals surface area contributed by atoms with E-state index >= 15 is 0 Å². The van der Waals surface area contributed by atoms with Crippen LogP contribution in [0.5, 0.6) is 0 Å². The number of rotatable bonds is 5. The summed E-state index contributed by atoms with van der Waals surface area (Å²) in [6.07, 6.45) is 3.63. The molecule has 1 aliphatic heterocycles. The highest BCUT2D eigenvalue weighted by atomic mass is 16.5. The summed E-state index contributed by atoms with van der Waals surface area (Å²) >= 11 is 0. The Balaban J connectivity index is 2.21. The number of nitrogens with zero attached hydrogens (tertiary/aromatic N) is 1. The van der Waals surface area contributed by atoms with Gasteiger partial charge in [0.1, 0.15) is 0 Å². The Labute approximate surface area is 87.1 Å². The third kappa shape index (κ3) is 4.40. The number of β-amino-alcohol motifs (C(OH)–C–C–N with tert-alkyl or cyclic N) is 1. The van der Waals surface area contributed by atoms with Crippen molar-refractivity contribution in [1.82, 2.24) is 4.90 Å². The molecule has 1 fully saturated rings. The van der Waals surface area contributed by atoms with Gasteiger partial charge in [-0.25, -0.2) is 0 Å². The highest BCUT2D eigenvalue weighted by Gasteiger charge is 2.20. The molecular formula is C11H23NO2. The summed E-state index contributed by atoms with van der Waals surface area (Å²) in [6.45, 7) is 7.73. The number of aliphatic hydroxyl groups excluding tert-OH is 1. The standard InChI is InChI=1S/C11H23NO2/c1-3-7-14-11-5-4-6-12(9-11)8-10(2)13/h10-11,13H,3-9H2,1-2H3/t10-,11?/m1/s1. The van der Waals surface area contributed by atoms with Gasteiger partial charge in [-0.15, -0.1) is 0 Å². The lowest BCUT2D eigenvalue weighted by molar-refractivity contribution is -0.00989. The quantitative estimate of drug-likeness (QED) is 0.727. The summed E-state index contributed by atoms with van der Waals surface area (Å²) < 4.78 is 5.72. The van der Waals surface area contributed by atoms with E-state index in [9.17, 15) is 5.11 Å². The predicted octanol–water partition coefficient (Wildman–Crippen LogP) is 1.26. The van der Waals surface area contributed by atoms with Gasteiger partial charge in [-0.05, 0) is 32.7 Å². The summed E-state index contributed by atoms with van der Waals surface area (Å²) in [7, 11) is 0. The van der Waals surface area contributed by atoms with Crippen molar-refractivity contribution >= 4 is 0 Å². The van der Waals surface area contributed by atoms with Crippen molar-refractivity contribution in [3.63, 3.8) is 0 Å². The van der Waals surface area contributed by atoms with E-state index in [2.05, 4.69) is 11.8 Å². The van der Waals surface area contributed by atoms with E-state index < -0.39 is 0 Å². The van der Waals surface area contributed by atoms with Crippen molar-refractivity contribution in [3.8, 4) is 0 Å². The third-order valence-electron chi connectivity index (χ3n) is 2.54. The molecule has 0 spiro atoms. The maximum Gasteiger partial charge on any atom is 0.0702 e. The molecule has 14 heavy (non-hydrogen) atoms. The Morgan fingerprint density at radius 2 is 2.36 bits per heavy atom. The van der Waals surface area contributed by atoms with E-state index in [0.29, 0.717) is 6.10 Å². The second kappa shape index (κ2) is 6.38. The van der Waals surface area contributed by atoms with Gasteiger partial charge >= 0.3 is 0 Å². The minimum absolute atomic E-state index is 0.222. The number of hydrogen-bond acceptors (Lipinski definition) is 3. The summed E-state index contributed by atoms with van der Waals surface area (Å²) in [5, 5.41) is 9.28. The van der Waals surface area contributed by atoms with Crippen LogP contribution in [0.1, 0.15) is 33.1 Å². The van der Waals surface area contributed by atoms with Crippen LogP contribution in [-0.2, 0) is 4.74 Å². The Hall–Kier alpha value is -0.120. The molecule has 1 N–H and O–H groups in total. The number of likely N-dealkylation sites (tertiary alicyclic amines) is 1. The number of aliphatic hydroxyl groups is 1. The Morgan fingerprint density at radius 1 is 1.57 bits per heavy atom. The zero-order valence-corrected chi connectivity index (χ0v) is 9.41. The van der Waals surface area contributed by atoms with Crippen LogP contribution < -0.4 is 0 Å². The molecule has 1 rings (SSSR count). The van der Waals surface area contributed by atoms with Crippen LogP contribution in [0.15, 0.2) is 0 Å². The second-order valence-corrected chi connectivity index (χ2v) is 4.24. The fraction of sp³-hybridized carbons (Fsp3) is 1.00. The monoisotopic (exact) mass is 201 g/mol. The predicted molar refractivity (Wildman–Crippen MR) is 57.4 cm³/mol. The molecular weight excluding hydrogens is 178 g/mol. The molecule has 0 aromatic carbocycles. The molecule has 0 amide bonds. The lowest BCUT2D eigenvalue weighted by atomic mass is 10.1. The molecule has 84 valence electrons. The summed E-state index contributed by atoms with van der Waals surface area (Å²) in [4.78, 5) is 2.30. The molecule has 1 unspecified atom stereocenters. The van der Waals surface area contributed by atoms with Crippen molar-refractivity contribution in [2.24, 2.45) is 0 Å². The first-order chi connectivity index (χ1) is 6.72. The molecule has 0 aromatic rings. The van der Waals surface area contributed by atoms with Gasteiger partial charge in [-0.3, -0.25) is 4.90 Å². The molecule has 2 atom stereocenters. The average Bonchev–Trinajstić information content (AvgIpc) is 2.14. The fourth-order valence-electron chi connectivity index (χ4n) is 1.97. The Morgan fingerprint density at radius 3 is 3.00 bits per heavy atom. The van der Waals surface area contributed by atoms with Crippen LogP contribution in [0, 0.1) is 0 Å². The van der Waals surface area contributed by atoms with Crippen LogP contribution in [0.3, 0.4) is 0 Å². The van der Waals surface area contributed by atoms with Gasteiger partial charge in [0.2, 0.25) is 0 Å². The van der Waals surface area contributed by atoms with Gasteiger partial charge in [-0.2, -0.15) is 0 Å². The van der Waals surface area contributed by atoms with E-state index in [1.165, 1.54) is 12.8 Å². The third-order valence-corrected chi connectivity index (χ3v) is 2.54. The van der Waals surface area contributed by atoms with Crippen LogP contribution in [0.25, 0.3) is 0 Å². The summed E-state index contributed by atoms with van der Waals surface area (Å²) in [5.74, 6) is 0. The molecule has 1 aliphatic rings. The van der Waals surface area contributed by atoms with Gasteiger partial charge in [0.05, 0.1) is 12.2 Å². The van der Waals surface area contributed by atoms with Gasteiger partial charge < -0.3 is 9.84 Å². The largest absolute Gasteiger partial charge is 0.392 e. The van der Waals surface area contributed by atoms with Gasteiger partial charge in [-0.1, -0.05) is 6.92 Å². The smallest absolute Gasteiger partial charge is 0.0702 e. The maximum atomic E-state index is 9.28. The SMILES string of the molecule is CCCOC1CCCN(C[C@@H](C)O)C1. The van der Waals surface area contributed by atoms with Gasteiger partial charge in [0.25, 0.3) is 0 Å². The normalized spacial score (nSPS) is 26.4. The Kier molecular flexibility index (Phi) is 5.45. The lowest BCUT2D eigenvalue weighted by Crippen LogP contribution is -2.42. The molecule has 1 heterocycles. The molecule has 0 saturated carbocycles. The first kappa shape index (κ1) is 12.0. The first-order valence-corrected chi connectivity index (χ1v) is 5.74. The molecule has 3 heteroatoms. The van der Waals surface area contributed by atoms with Gasteiger partial charge in [0, 0.05) is 19.7 Å². The molecule has 1 saturated heterocycles. The number of piperidine rings is 1. The zero-order chi connectivity index (χ0) is 10.4. The first-order valence-electron chi connectivity index (χ1n) is 5.74. The minimum Gasteiger partial charge on any atom is -0.392 e. The van der Waals surface area contributed by atoms with E-state index in [1.54, 1.807) is 0 Å². The Bertz CT molecular complexity index is 150. The fourth-order valence-corrected chi connectivity index (χ4v) is 1.97. The van der Waals surface area contributed by atoms with Crippen LogP contribution in [-0.4, -0.2) is 48.5 Å². The topological polar surface area (TPSA) is 32.7 Å². The van der Waals surface area contributed by atoms with E-state index in [0.717, 1.165) is 32.7 Å². The summed E-state index contributed by atoms with van der Waals surface area (Å²) in [6, 6.07) is 0. The molecule has 0 aliphatic carbocycles. The van der Waals surface area contributed by atoms with E-state index in [1.807, 2.05) is 6.92 Å². The number of hydrogen-bond donors (Lipinski definition) is 1. The van der Waals surface area contributed by atoms with Crippen LogP contribution in [0.2, 0.25) is 0 Å². The van der Waals surface area contributed by atoms with Crippen molar-refractivity contribution in [2.75, 3.05) is 26.2 Å². The van der Waals surface area contributed by atoms with E-state index in [-0.39, 0.29) is 6.10 Å². The maximum absolute atomic E-state index is 9.28. The van der Waals surface area contributed by atoms with Crippen molar-refractivity contribution in [3.05, 3.63) is 0 Å². The number of ether oxygens (including phenoxy) is 1. The highest BCUT2D eigenvalue weighted by molar-refractivity contribution is 4.74. The van der Waals surface area contributed by atoms with Crippen molar-refractivity contribution in [2.45, 2.75) is 45.3 Å². The molecule has 3 nitrogen and oxygen atoms in total. The average molecular weight is 201 g/mol. The molecule has 0 radical (unpaired) electrons. The van der Waals surface area contributed by atoms with Crippen LogP contribution in [0.4, 0.5) is 0 Å². The van der Waals surface area contributed by atoms with Crippen LogP contribution >= 0.6 is 0 Å². The zero-order valence-electron chi connectivity index (χ0n) is 9.41. The molecule has 0 bridgehead atoms. The van der Waals surface area contributed by atoms with Gasteiger partial charge in [0.15, 0.2) is 0 Å². The van der Waals surface area contributed by atoms with E-state index in [4.69, 9.17) is 4.74 Å². The lowest BCUT2D eigenvalue weighted by Gasteiger charge is -2.33. The second-order valence-electron chi connectivity index (χ2n) is 4.24. The highest BCUT2D eigenvalue weighted by Crippen LogP contribution is 2.13. The van der Waals surface area contributed by atoms with Crippen molar-refractivity contribution in [1.29, 1.82) is 0 Å². The van der Waals surface area contributed by atoms with Crippen molar-refractivity contribution < 1.29 is 9.84 Å².